The van der Waals surface area contributed by atoms with Crippen LogP contribution in [0.2, 0.25) is 0 Å². The van der Waals surface area contributed by atoms with Crippen LogP contribution in [0.3, 0.4) is 0 Å². The Balaban J connectivity index is 2.15. The van der Waals surface area contributed by atoms with E-state index in [-0.39, 0.29) is 5.82 Å². The number of halogens is 1. The van der Waals surface area contributed by atoms with Gasteiger partial charge in [-0.25, -0.2) is 4.39 Å². The molecule has 4 heteroatoms. The average molecular weight is 237 g/mol. The number of piperazine rings is 1. The van der Waals surface area contributed by atoms with Gasteiger partial charge in [-0.1, -0.05) is 6.07 Å². The first-order valence-corrected chi connectivity index (χ1v) is 6.07. The molecule has 17 heavy (non-hydrogen) atoms. The van der Waals surface area contributed by atoms with E-state index in [0.29, 0.717) is 0 Å². The summed E-state index contributed by atoms with van der Waals surface area (Å²) in [6.45, 7) is 4.57. The summed E-state index contributed by atoms with van der Waals surface area (Å²) in [6.07, 6.45) is 0. The van der Waals surface area contributed by atoms with Crippen LogP contribution < -0.4 is 10.2 Å². The second-order valence-corrected chi connectivity index (χ2v) is 4.61. The van der Waals surface area contributed by atoms with Crippen LogP contribution in [0.15, 0.2) is 18.2 Å². The molecule has 1 N–H and O–H groups in total. The van der Waals surface area contributed by atoms with Crippen LogP contribution in [0.1, 0.15) is 5.56 Å². The van der Waals surface area contributed by atoms with Crippen LogP contribution in [-0.2, 0) is 6.54 Å². The van der Waals surface area contributed by atoms with Gasteiger partial charge in [0, 0.05) is 32.7 Å². The van der Waals surface area contributed by atoms with Gasteiger partial charge >= 0.3 is 0 Å². The lowest BCUT2D eigenvalue weighted by molar-refractivity contribution is 0.311. The first-order valence-electron chi connectivity index (χ1n) is 6.07. The molecule has 0 aromatic heterocycles. The number of nitrogens with zero attached hydrogens (tertiary/aromatic N) is 2. The Kier molecular flexibility index (Phi) is 3.97. The van der Waals surface area contributed by atoms with Gasteiger partial charge in [-0.05, 0) is 31.8 Å². The van der Waals surface area contributed by atoms with E-state index < -0.39 is 0 Å². The largest absolute Gasteiger partial charge is 0.367 e. The Bertz CT molecular complexity index is 373. The number of hydrogen-bond acceptors (Lipinski definition) is 3. The van der Waals surface area contributed by atoms with Gasteiger partial charge < -0.3 is 15.1 Å². The fourth-order valence-corrected chi connectivity index (χ4v) is 2.16. The first-order chi connectivity index (χ1) is 8.20. The van der Waals surface area contributed by atoms with Crippen molar-refractivity contribution in [3.63, 3.8) is 0 Å². The van der Waals surface area contributed by atoms with Gasteiger partial charge in [-0.3, -0.25) is 0 Å². The van der Waals surface area contributed by atoms with Gasteiger partial charge in [-0.2, -0.15) is 0 Å². The normalized spacial score (nSPS) is 17.5. The Morgan fingerprint density at radius 3 is 2.59 bits per heavy atom. The SMILES string of the molecule is CNCc1ccc(F)c(N2CCN(C)CC2)c1. The molecule has 0 bridgehead atoms. The monoisotopic (exact) mass is 237 g/mol. The molecule has 2 rings (SSSR count). The summed E-state index contributed by atoms with van der Waals surface area (Å²) >= 11 is 0. The number of anilines is 1. The molecule has 3 nitrogen and oxygen atoms in total. The molecule has 1 aromatic carbocycles. The van der Waals surface area contributed by atoms with Crippen molar-refractivity contribution >= 4 is 5.69 Å². The van der Waals surface area contributed by atoms with Gasteiger partial charge in [0.25, 0.3) is 0 Å². The van der Waals surface area contributed by atoms with E-state index in [4.69, 9.17) is 0 Å². The van der Waals surface area contributed by atoms with Crippen molar-refractivity contribution in [3.8, 4) is 0 Å². The fraction of sp³-hybridized carbons (Fsp3) is 0.538. The summed E-state index contributed by atoms with van der Waals surface area (Å²) in [4.78, 5) is 4.40. The lowest BCUT2D eigenvalue weighted by Crippen LogP contribution is -2.44. The number of benzene rings is 1. The average Bonchev–Trinajstić information content (AvgIpc) is 2.33. The van der Waals surface area contributed by atoms with Gasteiger partial charge in [0.05, 0.1) is 5.69 Å². The topological polar surface area (TPSA) is 18.5 Å². The van der Waals surface area contributed by atoms with E-state index in [1.54, 1.807) is 6.07 Å². The van der Waals surface area contributed by atoms with Gasteiger partial charge in [0.15, 0.2) is 0 Å². The Hall–Kier alpha value is -1.13. The van der Waals surface area contributed by atoms with Crippen molar-refractivity contribution in [2.75, 3.05) is 45.2 Å². The molecule has 0 aliphatic carbocycles. The molecule has 1 aromatic rings. The highest BCUT2D eigenvalue weighted by molar-refractivity contribution is 5.50. The standard InChI is InChI=1S/C13H20FN3/c1-15-10-11-3-4-12(14)13(9-11)17-7-5-16(2)6-8-17/h3-4,9,15H,5-8,10H2,1-2H3. The summed E-state index contributed by atoms with van der Waals surface area (Å²) in [5.74, 6) is -0.116. The second-order valence-electron chi connectivity index (χ2n) is 4.61. The molecular formula is C13H20FN3. The van der Waals surface area contributed by atoms with Crippen LogP contribution in [0.4, 0.5) is 10.1 Å². The van der Waals surface area contributed by atoms with Crippen LogP contribution in [0, 0.1) is 5.82 Å². The quantitative estimate of drug-likeness (QED) is 0.855. The third-order valence-electron chi connectivity index (χ3n) is 3.24. The van der Waals surface area contributed by atoms with Crippen molar-refractivity contribution in [2.24, 2.45) is 0 Å². The molecule has 94 valence electrons. The van der Waals surface area contributed by atoms with Crippen LogP contribution in [0.5, 0.6) is 0 Å². The van der Waals surface area contributed by atoms with Crippen molar-refractivity contribution < 1.29 is 4.39 Å². The maximum Gasteiger partial charge on any atom is 0.146 e. The molecule has 1 fully saturated rings. The lowest BCUT2D eigenvalue weighted by Gasteiger charge is -2.34. The zero-order valence-corrected chi connectivity index (χ0v) is 10.5. The molecule has 0 radical (unpaired) electrons. The minimum atomic E-state index is -0.116. The van der Waals surface area contributed by atoms with E-state index >= 15 is 0 Å². The predicted octanol–water partition coefficient (Wildman–Crippen LogP) is 1.30. The minimum Gasteiger partial charge on any atom is -0.367 e. The Labute approximate surface area is 102 Å². The highest BCUT2D eigenvalue weighted by Gasteiger charge is 2.17. The van der Waals surface area contributed by atoms with Gasteiger partial charge in [0.1, 0.15) is 5.82 Å². The lowest BCUT2D eigenvalue weighted by atomic mass is 10.1. The number of hydrogen-bond donors (Lipinski definition) is 1. The van der Waals surface area contributed by atoms with Gasteiger partial charge in [0.2, 0.25) is 0 Å². The molecule has 1 saturated heterocycles. The Morgan fingerprint density at radius 2 is 1.94 bits per heavy atom. The molecule has 0 spiro atoms. The zero-order chi connectivity index (χ0) is 12.3. The minimum absolute atomic E-state index is 0.116. The second kappa shape index (κ2) is 5.47. The summed E-state index contributed by atoms with van der Waals surface area (Å²) < 4.78 is 13.8. The molecule has 1 heterocycles. The molecule has 0 atom stereocenters. The molecule has 1 aliphatic rings. The van der Waals surface area contributed by atoms with E-state index in [1.165, 1.54) is 0 Å². The highest BCUT2D eigenvalue weighted by atomic mass is 19.1. The van der Waals surface area contributed by atoms with Crippen molar-refractivity contribution in [1.29, 1.82) is 0 Å². The van der Waals surface area contributed by atoms with Gasteiger partial charge in [-0.15, -0.1) is 0 Å². The zero-order valence-electron chi connectivity index (χ0n) is 10.5. The smallest absolute Gasteiger partial charge is 0.146 e. The van der Waals surface area contributed by atoms with Crippen molar-refractivity contribution in [1.82, 2.24) is 10.2 Å². The summed E-state index contributed by atoms with van der Waals surface area (Å²) in [7, 11) is 4.00. The van der Waals surface area contributed by atoms with Crippen LogP contribution in [-0.4, -0.2) is 45.2 Å². The third kappa shape index (κ3) is 2.96. The maximum absolute atomic E-state index is 13.8. The highest BCUT2D eigenvalue weighted by Crippen LogP contribution is 2.22. The third-order valence-corrected chi connectivity index (χ3v) is 3.24. The summed E-state index contributed by atoms with van der Waals surface area (Å²) in [6, 6.07) is 5.36. The number of nitrogens with one attached hydrogen (secondary N) is 1. The van der Waals surface area contributed by atoms with E-state index in [0.717, 1.165) is 44.0 Å². The molecule has 1 aliphatic heterocycles. The van der Waals surface area contributed by atoms with Crippen molar-refractivity contribution in [3.05, 3.63) is 29.6 Å². The van der Waals surface area contributed by atoms with E-state index in [2.05, 4.69) is 22.2 Å². The number of likely N-dealkylation sites (N-methyl/N-ethyl adjacent to an activating group) is 1. The summed E-state index contributed by atoms with van der Waals surface area (Å²) in [5.41, 5.74) is 1.87. The van der Waals surface area contributed by atoms with Crippen LogP contribution in [0.25, 0.3) is 0 Å². The Morgan fingerprint density at radius 1 is 1.24 bits per heavy atom. The van der Waals surface area contributed by atoms with Crippen molar-refractivity contribution in [2.45, 2.75) is 6.54 Å². The van der Waals surface area contributed by atoms with E-state index in [9.17, 15) is 4.39 Å². The number of rotatable bonds is 3. The first kappa shape index (κ1) is 12.3. The maximum atomic E-state index is 13.8. The molecule has 0 unspecified atom stereocenters. The molecule has 0 saturated carbocycles. The molecular weight excluding hydrogens is 217 g/mol. The van der Waals surface area contributed by atoms with E-state index in [1.807, 2.05) is 19.2 Å². The molecule has 0 amide bonds. The predicted molar refractivity (Wildman–Crippen MR) is 68.9 cm³/mol. The van der Waals surface area contributed by atoms with Crippen LogP contribution >= 0.6 is 0 Å². The fourth-order valence-electron chi connectivity index (χ4n) is 2.16. The summed E-state index contributed by atoms with van der Waals surface area (Å²) in [5, 5.41) is 3.09.